The van der Waals surface area contributed by atoms with E-state index in [0.717, 1.165) is 5.69 Å². The van der Waals surface area contributed by atoms with Gasteiger partial charge in [-0.2, -0.15) is 0 Å². The van der Waals surface area contributed by atoms with Crippen molar-refractivity contribution >= 4 is 23.3 Å². The van der Waals surface area contributed by atoms with Crippen molar-refractivity contribution in [2.45, 2.75) is 6.92 Å². The maximum atomic E-state index is 13.0. The number of amides is 1. The van der Waals surface area contributed by atoms with Gasteiger partial charge in [-0.05, 0) is 43.3 Å². The third-order valence-electron chi connectivity index (χ3n) is 4.75. The molecule has 0 atom stereocenters. The Labute approximate surface area is 175 Å². The molecule has 0 saturated carbocycles. The first-order valence-corrected chi connectivity index (χ1v) is 9.74. The van der Waals surface area contributed by atoms with Crippen molar-refractivity contribution in [1.82, 2.24) is 0 Å². The minimum Gasteiger partial charge on any atom is -0.493 e. The highest BCUT2D eigenvalue weighted by Crippen LogP contribution is 2.31. The highest BCUT2D eigenvalue weighted by Gasteiger charge is 2.20. The molecule has 1 saturated heterocycles. The number of hydrogen-bond acceptors (Lipinski definition) is 7. The van der Waals surface area contributed by atoms with Gasteiger partial charge in [-0.1, -0.05) is 0 Å². The highest BCUT2D eigenvalue weighted by molar-refractivity contribution is 6.07. The fourth-order valence-electron chi connectivity index (χ4n) is 3.23. The molecule has 160 valence electrons. The summed E-state index contributed by atoms with van der Waals surface area (Å²) in [5.41, 5.74) is 2.13. The molecule has 8 heteroatoms. The zero-order valence-electron chi connectivity index (χ0n) is 17.4. The quantitative estimate of drug-likeness (QED) is 0.697. The molecule has 1 aliphatic heterocycles. The number of morpholine rings is 1. The van der Waals surface area contributed by atoms with Crippen LogP contribution in [0.25, 0.3) is 0 Å². The summed E-state index contributed by atoms with van der Waals surface area (Å²) >= 11 is 0. The zero-order valence-corrected chi connectivity index (χ0v) is 17.4. The lowest BCUT2D eigenvalue weighted by Gasteiger charge is -2.30. The molecule has 0 bridgehead atoms. The molecule has 1 aliphatic rings. The maximum absolute atomic E-state index is 13.0. The molecule has 0 aromatic heterocycles. The SMILES string of the molecule is CCOC(=O)c1ccc(N2CCOCC2)c(NC(=O)c2ccc(OC)c(OC)c2)c1. The zero-order chi connectivity index (χ0) is 21.5. The van der Waals surface area contributed by atoms with E-state index in [1.54, 1.807) is 37.3 Å². The van der Waals surface area contributed by atoms with Crippen LogP contribution in [-0.4, -0.2) is 59.0 Å². The number of methoxy groups -OCH3 is 2. The molecular formula is C22H26N2O6. The van der Waals surface area contributed by atoms with E-state index in [9.17, 15) is 9.59 Å². The summed E-state index contributed by atoms with van der Waals surface area (Å²) in [5.74, 6) is 0.227. The Bertz CT molecular complexity index is 908. The van der Waals surface area contributed by atoms with Gasteiger partial charge in [-0.25, -0.2) is 4.79 Å². The molecule has 8 nitrogen and oxygen atoms in total. The molecule has 2 aromatic rings. The van der Waals surface area contributed by atoms with Crippen LogP contribution in [0.4, 0.5) is 11.4 Å². The lowest BCUT2D eigenvalue weighted by atomic mass is 10.1. The number of nitrogens with zero attached hydrogens (tertiary/aromatic N) is 1. The number of esters is 1. The van der Waals surface area contributed by atoms with E-state index >= 15 is 0 Å². The average molecular weight is 414 g/mol. The van der Waals surface area contributed by atoms with Crippen molar-refractivity contribution in [3.05, 3.63) is 47.5 Å². The Morgan fingerprint density at radius 3 is 2.37 bits per heavy atom. The van der Waals surface area contributed by atoms with Crippen LogP contribution in [-0.2, 0) is 9.47 Å². The van der Waals surface area contributed by atoms with Crippen LogP contribution < -0.4 is 19.7 Å². The molecule has 2 aromatic carbocycles. The summed E-state index contributed by atoms with van der Waals surface area (Å²) in [5, 5.41) is 2.92. The third kappa shape index (κ3) is 4.83. The molecule has 0 unspecified atom stereocenters. The van der Waals surface area contributed by atoms with Gasteiger partial charge in [0.25, 0.3) is 5.91 Å². The summed E-state index contributed by atoms with van der Waals surface area (Å²) < 4.78 is 21.0. The van der Waals surface area contributed by atoms with Gasteiger partial charge in [-0.15, -0.1) is 0 Å². The van der Waals surface area contributed by atoms with Gasteiger partial charge in [0, 0.05) is 18.7 Å². The fraction of sp³-hybridized carbons (Fsp3) is 0.364. The van der Waals surface area contributed by atoms with Crippen LogP contribution >= 0.6 is 0 Å². The Balaban J connectivity index is 1.92. The summed E-state index contributed by atoms with van der Waals surface area (Å²) in [6, 6.07) is 10.1. The Morgan fingerprint density at radius 1 is 1.00 bits per heavy atom. The Hall–Kier alpha value is -3.26. The summed E-state index contributed by atoms with van der Waals surface area (Å²) in [6.45, 7) is 4.61. The number of nitrogens with one attached hydrogen (secondary N) is 1. The van der Waals surface area contributed by atoms with Gasteiger partial charge in [0.2, 0.25) is 0 Å². The van der Waals surface area contributed by atoms with Gasteiger partial charge in [0.15, 0.2) is 11.5 Å². The van der Waals surface area contributed by atoms with Crippen LogP contribution in [0.2, 0.25) is 0 Å². The largest absolute Gasteiger partial charge is 0.493 e. The molecule has 1 N–H and O–H groups in total. The minimum absolute atomic E-state index is 0.275. The second-order valence-electron chi connectivity index (χ2n) is 6.58. The smallest absolute Gasteiger partial charge is 0.338 e. The molecule has 1 amide bonds. The summed E-state index contributed by atoms with van der Waals surface area (Å²) in [6.07, 6.45) is 0. The van der Waals surface area contributed by atoms with Gasteiger partial charge < -0.3 is 29.2 Å². The predicted octanol–water partition coefficient (Wildman–Crippen LogP) is 2.97. The second-order valence-corrected chi connectivity index (χ2v) is 6.58. The number of rotatable bonds is 7. The number of benzene rings is 2. The lowest BCUT2D eigenvalue weighted by Crippen LogP contribution is -2.36. The Kier molecular flexibility index (Phi) is 7.13. The maximum Gasteiger partial charge on any atom is 0.338 e. The van der Waals surface area contributed by atoms with E-state index < -0.39 is 5.97 Å². The van der Waals surface area contributed by atoms with Crippen molar-refractivity contribution in [1.29, 1.82) is 0 Å². The van der Waals surface area contributed by atoms with Crippen LogP contribution in [0.3, 0.4) is 0 Å². The normalized spacial score (nSPS) is 13.5. The first kappa shape index (κ1) is 21.4. The molecule has 3 rings (SSSR count). The third-order valence-corrected chi connectivity index (χ3v) is 4.75. The second kappa shape index (κ2) is 9.98. The van der Waals surface area contributed by atoms with Gasteiger partial charge in [0.1, 0.15) is 0 Å². The van der Waals surface area contributed by atoms with Crippen molar-refractivity contribution in [2.24, 2.45) is 0 Å². The van der Waals surface area contributed by atoms with E-state index in [2.05, 4.69) is 10.2 Å². The molecule has 1 fully saturated rings. The number of carbonyl (C=O) groups excluding carboxylic acids is 2. The van der Waals surface area contributed by atoms with Crippen LogP contribution in [0.5, 0.6) is 11.5 Å². The molecular weight excluding hydrogens is 388 g/mol. The summed E-state index contributed by atoms with van der Waals surface area (Å²) in [7, 11) is 3.05. The molecule has 0 radical (unpaired) electrons. The van der Waals surface area contributed by atoms with E-state index in [4.69, 9.17) is 18.9 Å². The molecule has 0 aliphatic carbocycles. The average Bonchev–Trinajstić information content (AvgIpc) is 2.79. The van der Waals surface area contributed by atoms with E-state index in [0.29, 0.717) is 54.6 Å². The Morgan fingerprint density at radius 2 is 1.70 bits per heavy atom. The van der Waals surface area contributed by atoms with Crippen molar-refractivity contribution in [3.8, 4) is 11.5 Å². The summed E-state index contributed by atoms with van der Waals surface area (Å²) in [4.78, 5) is 27.3. The predicted molar refractivity (Wildman–Crippen MR) is 113 cm³/mol. The standard InChI is InChI=1S/C22H26N2O6/c1-4-30-22(26)16-5-7-18(24-9-11-29-12-10-24)17(13-16)23-21(25)15-6-8-19(27-2)20(14-15)28-3/h5-8,13-14H,4,9-12H2,1-3H3,(H,23,25). The first-order chi connectivity index (χ1) is 14.6. The van der Waals surface area contributed by atoms with Crippen LogP contribution in [0.1, 0.15) is 27.6 Å². The topological polar surface area (TPSA) is 86.3 Å². The lowest BCUT2D eigenvalue weighted by molar-refractivity contribution is 0.0526. The van der Waals surface area contributed by atoms with Crippen molar-refractivity contribution in [2.75, 3.05) is 57.3 Å². The monoisotopic (exact) mass is 414 g/mol. The van der Waals surface area contributed by atoms with E-state index in [1.165, 1.54) is 14.2 Å². The van der Waals surface area contributed by atoms with Crippen LogP contribution in [0.15, 0.2) is 36.4 Å². The fourth-order valence-corrected chi connectivity index (χ4v) is 3.23. The van der Waals surface area contributed by atoms with E-state index in [1.807, 2.05) is 6.07 Å². The van der Waals surface area contributed by atoms with E-state index in [-0.39, 0.29) is 12.5 Å². The first-order valence-electron chi connectivity index (χ1n) is 9.74. The number of anilines is 2. The number of hydrogen-bond donors (Lipinski definition) is 1. The molecule has 0 spiro atoms. The van der Waals surface area contributed by atoms with Gasteiger partial charge in [0.05, 0.1) is 51.0 Å². The van der Waals surface area contributed by atoms with Crippen molar-refractivity contribution in [3.63, 3.8) is 0 Å². The number of carbonyl (C=O) groups is 2. The van der Waals surface area contributed by atoms with Crippen LogP contribution in [0, 0.1) is 0 Å². The van der Waals surface area contributed by atoms with Crippen molar-refractivity contribution < 1.29 is 28.5 Å². The molecule has 1 heterocycles. The van der Waals surface area contributed by atoms with Gasteiger partial charge in [-0.3, -0.25) is 4.79 Å². The number of ether oxygens (including phenoxy) is 4. The molecule has 30 heavy (non-hydrogen) atoms. The highest BCUT2D eigenvalue weighted by atomic mass is 16.5. The minimum atomic E-state index is -0.437. The van der Waals surface area contributed by atoms with Gasteiger partial charge >= 0.3 is 5.97 Å².